The second-order valence-corrected chi connectivity index (χ2v) is 6.78. The molecule has 0 saturated carbocycles. The molecule has 5 nitrogen and oxygen atoms in total. The summed E-state index contributed by atoms with van der Waals surface area (Å²) in [6.45, 7) is 5.21. The molecule has 0 aliphatic carbocycles. The lowest BCUT2D eigenvalue weighted by Crippen LogP contribution is -2.26. The molecule has 0 unspecified atom stereocenters. The summed E-state index contributed by atoms with van der Waals surface area (Å²) >= 11 is 1.13. The third-order valence-corrected chi connectivity index (χ3v) is 4.99. The van der Waals surface area contributed by atoms with Crippen LogP contribution in [-0.4, -0.2) is 29.9 Å². The molecular formula is C18H21FN2O3S. The van der Waals surface area contributed by atoms with Gasteiger partial charge in [0.25, 0.3) is 5.91 Å². The predicted octanol–water partition coefficient (Wildman–Crippen LogP) is 3.56. The van der Waals surface area contributed by atoms with Crippen LogP contribution in [0, 0.1) is 19.7 Å². The molecule has 1 heterocycles. The lowest BCUT2D eigenvalue weighted by Gasteiger charge is -2.10. The molecule has 0 radical (unpaired) electrons. The summed E-state index contributed by atoms with van der Waals surface area (Å²) in [6, 6.07) is 4.76. The highest BCUT2D eigenvalue weighted by Crippen LogP contribution is 2.36. The van der Waals surface area contributed by atoms with Crippen LogP contribution in [0.1, 0.15) is 44.5 Å². The molecular weight excluding hydrogens is 343 g/mol. The number of carbonyl (C=O) groups excluding carboxylic acids is 2. The van der Waals surface area contributed by atoms with Gasteiger partial charge in [-0.25, -0.2) is 4.39 Å². The summed E-state index contributed by atoms with van der Waals surface area (Å²) in [5.41, 5.74) is 1.92. The average molecular weight is 364 g/mol. The maximum atomic E-state index is 14.1. The van der Waals surface area contributed by atoms with Crippen molar-refractivity contribution >= 4 is 33.7 Å². The van der Waals surface area contributed by atoms with Crippen LogP contribution in [0.5, 0.6) is 0 Å². The van der Waals surface area contributed by atoms with Crippen LogP contribution in [0.4, 0.5) is 15.1 Å². The fourth-order valence-electron chi connectivity index (χ4n) is 2.42. The molecule has 0 saturated heterocycles. The molecule has 1 aromatic carbocycles. The Morgan fingerprint density at radius 1 is 1.28 bits per heavy atom. The van der Waals surface area contributed by atoms with Gasteiger partial charge in [0, 0.05) is 13.2 Å². The molecule has 25 heavy (non-hydrogen) atoms. The Balaban J connectivity index is 2.39. The van der Waals surface area contributed by atoms with Crippen molar-refractivity contribution < 1.29 is 19.1 Å². The molecule has 7 heteroatoms. The number of anilines is 2. The Morgan fingerprint density at radius 2 is 2.00 bits per heavy atom. The third-order valence-electron chi connectivity index (χ3n) is 3.69. The SMILES string of the molecule is CC(=O)c1sc(Nc2ccc(C)cc2F)c(C(=O)NCCCO)c1C. The zero-order valence-electron chi connectivity index (χ0n) is 14.4. The van der Waals surface area contributed by atoms with Crippen molar-refractivity contribution in [1.82, 2.24) is 5.32 Å². The van der Waals surface area contributed by atoms with Crippen molar-refractivity contribution in [3.05, 3.63) is 45.6 Å². The number of nitrogens with one attached hydrogen (secondary N) is 2. The van der Waals surface area contributed by atoms with E-state index in [9.17, 15) is 14.0 Å². The van der Waals surface area contributed by atoms with Crippen LogP contribution < -0.4 is 10.6 Å². The minimum atomic E-state index is -0.429. The minimum absolute atomic E-state index is 0.0265. The van der Waals surface area contributed by atoms with Crippen LogP contribution in [0.3, 0.4) is 0 Å². The summed E-state index contributed by atoms with van der Waals surface area (Å²) in [5.74, 6) is -0.934. The number of aryl methyl sites for hydroxylation is 1. The van der Waals surface area contributed by atoms with E-state index in [1.807, 2.05) is 0 Å². The van der Waals surface area contributed by atoms with E-state index in [1.165, 1.54) is 13.0 Å². The van der Waals surface area contributed by atoms with E-state index in [0.29, 0.717) is 34.0 Å². The fourth-order valence-corrected chi connectivity index (χ4v) is 3.54. The van der Waals surface area contributed by atoms with Gasteiger partial charge in [0.2, 0.25) is 0 Å². The maximum Gasteiger partial charge on any atom is 0.254 e. The van der Waals surface area contributed by atoms with E-state index in [2.05, 4.69) is 10.6 Å². The first-order chi connectivity index (χ1) is 11.8. The number of halogens is 1. The number of carbonyl (C=O) groups is 2. The highest BCUT2D eigenvalue weighted by molar-refractivity contribution is 7.18. The van der Waals surface area contributed by atoms with Gasteiger partial charge in [0.15, 0.2) is 5.78 Å². The largest absolute Gasteiger partial charge is 0.396 e. The average Bonchev–Trinajstić information content (AvgIpc) is 2.87. The number of thiophene rings is 1. The standard InChI is InChI=1S/C18H21FN2O3S/c1-10-5-6-14(13(19)9-10)21-18-15(17(24)20-7-4-8-22)11(2)16(25-18)12(3)23/h5-6,9,21-22H,4,7-8H2,1-3H3,(H,20,24). The Bertz CT molecular complexity index is 802. The van der Waals surface area contributed by atoms with E-state index in [1.54, 1.807) is 26.0 Å². The van der Waals surface area contributed by atoms with Crippen LogP contribution in [-0.2, 0) is 0 Å². The van der Waals surface area contributed by atoms with E-state index in [-0.39, 0.29) is 24.0 Å². The van der Waals surface area contributed by atoms with Gasteiger partial charge in [0.1, 0.15) is 10.8 Å². The van der Waals surface area contributed by atoms with Gasteiger partial charge in [-0.2, -0.15) is 0 Å². The molecule has 1 amide bonds. The van der Waals surface area contributed by atoms with E-state index in [4.69, 9.17) is 5.11 Å². The Kier molecular flexibility index (Phi) is 6.27. The highest BCUT2D eigenvalue weighted by Gasteiger charge is 2.23. The number of ketones is 1. The minimum Gasteiger partial charge on any atom is -0.396 e. The maximum absolute atomic E-state index is 14.1. The van der Waals surface area contributed by atoms with Crippen molar-refractivity contribution in [1.29, 1.82) is 0 Å². The summed E-state index contributed by atoms with van der Waals surface area (Å²) in [4.78, 5) is 24.8. The zero-order chi connectivity index (χ0) is 18.6. The topological polar surface area (TPSA) is 78.4 Å². The normalized spacial score (nSPS) is 10.6. The molecule has 1 aromatic heterocycles. The highest BCUT2D eigenvalue weighted by atomic mass is 32.1. The first-order valence-corrected chi connectivity index (χ1v) is 8.73. The predicted molar refractivity (Wildman–Crippen MR) is 97.5 cm³/mol. The molecule has 134 valence electrons. The molecule has 2 aromatic rings. The van der Waals surface area contributed by atoms with Gasteiger partial charge >= 0.3 is 0 Å². The summed E-state index contributed by atoms with van der Waals surface area (Å²) < 4.78 is 14.1. The smallest absolute Gasteiger partial charge is 0.254 e. The Hall–Kier alpha value is -2.25. The Labute approximate surface area is 149 Å². The number of Topliss-reactive ketones (excluding diaryl/α,β-unsaturated/α-hetero) is 1. The lowest BCUT2D eigenvalue weighted by atomic mass is 10.1. The molecule has 0 aliphatic rings. The van der Waals surface area contributed by atoms with Crippen molar-refractivity contribution in [2.75, 3.05) is 18.5 Å². The fraction of sp³-hybridized carbons (Fsp3) is 0.333. The number of benzene rings is 1. The molecule has 3 N–H and O–H groups in total. The third kappa shape index (κ3) is 4.43. The van der Waals surface area contributed by atoms with Gasteiger partial charge in [-0.05, 0) is 50.5 Å². The van der Waals surface area contributed by atoms with E-state index >= 15 is 0 Å². The second-order valence-electron chi connectivity index (χ2n) is 5.76. The molecule has 0 atom stereocenters. The van der Waals surface area contributed by atoms with Crippen molar-refractivity contribution in [3.63, 3.8) is 0 Å². The van der Waals surface area contributed by atoms with Gasteiger partial charge in [-0.1, -0.05) is 6.07 Å². The van der Waals surface area contributed by atoms with Crippen LogP contribution in [0.15, 0.2) is 18.2 Å². The summed E-state index contributed by atoms with van der Waals surface area (Å²) in [6.07, 6.45) is 0.434. The molecule has 0 bridgehead atoms. The molecule has 0 spiro atoms. The first-order valence-electron chi connectivity index (χ1n) is 7.91. The molecule has 0 aliphatic heterocycles. The Morgan fingerprint density at radius 3 is 2.60 bits per heavy atom. The molecule has 2 rings (SSSR count). The van der Waals surface area contributed by atoms with Gasteiger partial charge < -0.3 is 15.7 Å². The summed E-state index contributed by atoms with van der Waals surface area (Å²) in [7, 11) is 0. The van der Waals surface area contributed by atoms with Crippen molar-refractivity contribution in [2.45, 2.75) is 27.2 Å². The quantitative estimate of drug-likeness (QED) is 0.518. The number of aliphatic hydroxyl groups is 1. The number of aliphatic hydroxyl groups excluding tert-OH is 1. The monoisotopic (exact) mass is 364 g/mol. The molecule has 0 fully saturated rings. The number of hydrogen-bond donors (Lipinski definition) is 3. The first kappa shape index (κ1) is 19.1. The second kappa shape index (κ2) is 8.22. The van der Waals surface area contributed by atoms with Gasteiger partial charge in [-0.3, -0.25) is 9.59 Å². The van der Waals surface area contributed by atoms with Gasteiger partial charge in [-0.15, -0.1) is 11.3 Å². The van der Waals surface area contributed by atoms with Crippen LogP contribution in [0.2, 0.25) is 0 Å². The van der Waals surface area contributed by atoms with Crippen molar-refractivity contribution in [3.8, 4) is 0 Å². The van der Waals surface area contributed by atoms with Crippen LogP contribution >= 0.6 is 11.3 Å². The van der Waals surface area contributed by atoms with E-state index in [0.717, 1.165) is 16.9 Å². The zero-order valence-corrected chi connectivity index (χ0v) is 15.2. The summed E-state index contributed by atoms with van der Waals surface area (Å²) in [5, 5.41) is 14.9. The number of rotatable bonds is 7. The lowest BCUT2D eigenvalue weighted by molar-refractivity contribution is 0.0951. The van der Waals surface area contributed by atoms with Crippen molar-refractivity contribution in [2.24, 2.45) is 0 Å². The number of hydrogen-bond acceptors (Lipinski definition) is 5. The number of amides is 1. The van der Waals surface area contributed by atoms with E-state index < -0.39 is 5.82 Å². The van der Waals surface area contributed by atoms with Crippen LogP contribution in [0.25, 0.3) is 0 Å². The van der Waals surface area contributed by atoms with Gasteiger partial charge in [0.05, 0.1) is 16.1 Å².